The summed E-state index contributed by atoms with van der Waals surface area (Å²) in [5.41, 5.74) is 8.33. The number of carbonyl (C=O) groups is 1. The Morgan fingerprint density at radius 1 is 1.15 bits per heavy atom. The minimum Gasteiger partial charge on any atom is -0.508 e. The molecular formula is C20H15N3O4. The van der Waals surface area contributed by atoms with Crippen molar-refractivity contribution < 1.29 is 19.7 Å². The topological polar surface area (TPSA) is 129 Å². The van der Waals surface area contributed by atoms with Gasteiger partial charge in [-0.1, -0.05) is 12.1 Å². The summed E-state index contributed by atoms with van der Waals surface area (Å²) in [5, 5.41) is 28.4. The van der Waals surface area contributed by atoms with Gasteiger partial charge in [0.25, 0.3) is 0 Å². The molecule has 1 heterocycles. The molecule has 0 atom stereocenters. The average molecular weight is 361 g/mol. The predicted octanol–water partition coefficient (Wildman–Crippen LogP) is 3.28. The van der Waals surface area contributed by atoms with Crippen LogP contribution in [0, 0.1) is 11.3 Å². The summed E-state index contributed by atoms with van der Waals surface area (Å²) >= 11 is 0. The molecule has 4 N–H and O–H groups in total. The third kappa shape index (κ3) is 3.37. The molecule has 7 heteroatoms. The lowest BCUT2D eigenvalue weighted by atomic mass is 9.97. The third-order valence-electron chi connectivity index (χ3n) is 4.06. The van der Waals surface area contributed by atoms with E-state index in [-0.39, 0.29) is 22.7 Å². The molecule has 7 nitrogen and oxygen atoms in total. The first-order valence-corrected chi connectivity index (χ1v) is 7.86. The molecular weight excluding hydrogens is 346 g/mol. The summed E-state index contributed by atoms with van der Waals surface area (Å²) in [6, 6.07) is 14.4. The Kier molecular flexibility index (Phi) is 4.64. The number of pyridine rings is 1. The highest BCUT2D eigenvalue weighted by molar-refractivity contribution is 5.89. The van der Waals surface area contributed by atoms with Gasteiger partial charge in [-0.25, -0.2) is 9.78 Å². The number of ether oxygens (including phenoxy) is 1. The Morgan fingerprint density at radius 2 is 1.85 bits per heavy atom. The van der Waals surface area contributed by atoms with Crippen LogP contribution in [0.2, 0.25) is 0 Å². The molecule has 0 aliphatic rings. The number of carboxylic acid groups (broad SMARTS) is 1. The quantitative estimate of drug-likeness (QED) is 0.650. The van der Waals surface area contributed by atoms with E-state index in [1.165, 1.54) is 31.4 Å². The smallest absolute Gasteiger partial charge is 0.335 e. The maximum atomic E-state index is 11.0. The first kappa shape index (κ1) is 17.8. The van der Waals surface area contributed by atoms with Crippen LogP contribution < -0.4 is 10.5 Å². The SMILES string of the molecule is COc1ccc(O)cc1-c1cc(-c2ccc(C(=O)O)cc2)nc(N)c1C#N. The molecule has 0 fully saturated rings. The van der Waals surface area contributed by atoms with Crippen LogP contribution in [0.3, 0.4) is 0 Å². The number of aromatic carboxylic acids is 1. The molecule has 1 aromatic heterocycles. The molecule has 0 saturated carbocycles. The first-order chi connectivity index (χ1) is 12.9. The van der Waals surface area contributed by atoms with E-state index in [2.05, 4.69) is 4.98 Å². The fourth-order valence-electron chi connectivity index (χ4n) is 2.73. The van der Waals surface area contributed by atoms with Crippen molar-refractivity contribution >= 4 is 11.8 Å². The van der Waals surface area contributed by atoms with Gasteiger partial charge in [0.05, 0.1) is 18.4 Å². The van der Waals surface area contributed by atoms with E-state index in [9.17, 15) is 15.2 Å². The zero-order valence-electron chi connectivity index (χ0n) is 14.3. The number of aromatic nitrogens is 1. The number of anilines is 1. The third-order valence-corrected chi connectivity index (χ3v) is 4.06. The highest BCUT2D eigenvalue weighted by atomic mass is 16.5. The largest absolute Gasteiger partial charge is 0.508 e. The van der Waals surface area contributed by atoms with Crippen LogP contribution in [0.25, 0.3) is 22.4 Å². The van der Waals surface area contributed by atoms with Crippen LogP contribution in [-0.2, 0) is 0 Å². The van der Waals surface area contributed by atoms with Crippen molar-refractivity contribution in [1.29, 1.82) is 5.26 Å². The van der Waals surface area contributed by atoms with Gasteiger partial charge in [0, 0.05) is 16.7 Å². The minimum absolute atomic E-state index is 0.0115. The van der Waals surface area contributed by atoms with Gasteiger partial charge in [-0.05, 0) is 36.4 Å². The minimum atomic E-state index is -1.03. The Hall–Kier alpha value is -4.05. The summed E-state index contributed by atoms with van der Waals surface area (Å²) in [4.78, 5) is 15.3. The van der Waals surface area contributed by atoms with Crippen LogP contribution >= 0.6 is 0 Å². The summed E-state index contributed by atoms with van der Waals surface area (Å²) in [6.07, 6.45) is 0. The normalized spacial score (nSPS) is 10.2. The van der Waals surface area contributed by atoms with E-state index in [1.54, 1.807) is 24.3 Å². The predicted molar refractivity (Wildman–Crippen MR) is 99.4 cm³/mol. The van der Waals surface area contributed by atoms with Crippen LogP contribution in [0.1, 0.15) is 15.9 Å². The maximum absolute atomic E-state index is 11.0. The van der Waals surface area contributed by atoms with Gasteiger partial charge in [-0.15, -0.1) is 0 Å². The van der Waals surface area contributed by atoms with Crippen LogP contribution in [0.5, 0.6) is 11.5 Å². The first-order valence-electron chi connectivity index (χ1n) is 7.86. The Bertz CT molecular complexity index is 1070. The van der Waals surface area contributed by atoms with Crippen molar-refractivity contribution in [2.45, 2.75) is 0 Å². The number of nitrogens with two attached hydrogens (primary N) is 1. The van der Waals surface area contributed by atoms with Gasteiger partial charge >= 0.3 is 5.97 Å². The molecule has 0 aliphatic carbocycles. The molecule has 0 saturated heterocycles. The lowest BCUT2D eigenvalue weighted by Gasteiger charge is -2.13. The lowest BCUT2D eigenvalue weighted by Crippen LogP contribution is -2.01. The van der Waals surface area contributed by atoms with Crippen LogP contribution in [0.4, 0.5) is 5.82 Å². The number of benzene rings is 2. The number of rotatable bonds is 4. The van der Waals surface area contributed by atoms with E-state index in [0.29, 0.717) is 28.1 Å². The second kappa shape index (κ2) is 7.06. The second-order valence-electron chi connectivity index (χ2n) is 5.69. The molecule has 0 aliphatic heterocycles. The summed E-state index contributed by atoms with van der Waals surface area (Å²) in [6.45, 7) is 0. The Morgan fingerprint density at radius 3 is 2.44 bits per heavy atom. The van der Waals surface area contributed by atoms with Gasteiger partial charge in [0.15, 0.2) is 0 Å². The van der Waals surface area contributed by atoms with Crippen molar-refractivity contribution in [3.8, 4) is 40.0 Å². The molecule has 134 valence electrons. The van der Waals surface area contributed by atoms with Crippen molar-refractivity contribution in [1.82, 2.24) is 4.98 Å². The van der Waals surface area contributed by atoms with Crippen LogP contribution in [-0.4, -0.2) is 28.3 Å². The zero-order valence-corrected chi connectivity index (χ0v) is 14.3. The molecule has 0 amide bonds. The van der Waals surface area contributed by atoms with E-state index in [0.717, 1.165) is 0 Å². The zero-order chi connectivity index (χ0) is 19.6. The molecule has 27 heavy (non-hydrogen) atoms. The molecule has 3 rings (SSSR count). The van der Waals surface area contributed by atoms with Gasteiger partial charge in [0.1, 0.15) is 28.9 Å². The van der Waals surface area contributed by atoms with Gasteiger partial charge in [0.2, 0.25) is 0 Å². The summed E-state index contributed by atoms with van der Waals surface area (Å²) in [5.74, 6) is -0.531. The molecule has 0 radical (unpaired) electrons. The molecule has 0 bridgehead atoms. The number of nitrogen functional groups attached to an aromatic ring is 1. The number of hydrogen-bond donors (Lipinski definition) is 3. The van der Waals surface area contributed by atoms with E-state index >= 15 is 0 Å². The number of nitrogens with zero attached hydrogens (tertiary/aromatic N) is 2. The van der Waals surface area contributed by atoms with E-state index < -0.39 is 5.97 Å². The molecule has 0 spiro atoms. The average Bonchev–Trinajstić information content (AvgIpc) is 2.67. The standard InChI is InChI=1S/C20H15N3O4/c1-27-18-7-6-13(24)8-15(18)14-9-17(23-19(22)16(14)10-21)11-2-4-12(5-3-11)20(25)26/h2-9,24H,1H3,(H2,22,23)(H,25,26). The summed E-state index contributed by atoms with van der Waals surface area (Å²) < 4.78 is 5.33. The highest BCUT2D eigenvalue weighted by Crippen LogP contribution is 2.38. The van der Waals surface area contributed by atoms with Crippen molar-refractivity contribution in [2.75, 3.05) is 12.8 Å². The number of aromatic hydroxyl groups is 1. The fraction of sp³-hybridized carbons (Fsp3) is 0.0500. The van der Waals surface area contributed by atoms with Crippen molar-refractivity contribution in [2.24, 2.45) is 0 Å². The molecule has 2 aromatic carbocycles. The number of phenolic OH excluding ortho intramolecular Hbond substituents is 1. The molecule has 0 unspecified atom stereocenters. The number of phenols is 1. The maximum Gasteiger partial charge on any atom is 0.335 e. The molecule has 3 aromatic rings. The number of carboxylic acids is 1. The Labute approximate surface area is 154 Å². The van der Waals surface area contributed by atoms with Gasteiger partial charge in [-0.3, -0.25) is 0 Å². The Balaban J connectivity index is 2.22. The van der Waals surface area contributed by atoms with E-state index in [4.69, 9.17) is 15.6 Å². The monoisotopic (exact) mass is 361 g/mol. The van der Waals surface area contributed by atoms with Crippen LogP contribution in [0.15, 0.2) is 48.5 Å². The van der Waals surface area contributed by atoms with Gasteiger partial charge in [-0.2, -0.15) is 5.26 Å². The van der Waals surface area contributed by atoms with Crippen molar-refractivity contribution in [3.63, 3.8) is 0 Å². The number of hydrogen-bond acceptors (Lipinski definition) is 6. The van der Waals surface area contributed by atoms with Gasteiger partial charge < -0.3 is 20.7 Å². The highest BCUT2D eigenvalue weighted by Gasteiger charge is 2.17. The fourth-order valence-corrected chi connectivity index (χ4v) is 2.73. The summed E-state index contributed by atoms with van der Waals surface area (Å²) in [7, 11) is 1.48. The second-order valence-corrected chi connectivity index (χ2v) is 5.69. The van der Waals surface area contributed by atoms with Crippen molar-refractivity contribution in [3.05, 3.63) is 59.7 Å². The number of nitriles is 1. The number of methoxy groups -OCH3 is 1. The van der Waals surface area contributed by atoms with E-state index in [1.807, 2.05) is 6.07 Å². The lowest BCUT2D eigenvalue weighted by molar-refractivity contribution is 0.0697.